The van der Waals surface area contributed by atoms with Crippen LogP contribution < -0.4 is 0 Å². The minimum atomic E-state index is 0.218. The molecule has 18 heavy (non-hydrogen) atoms. The van der Waals surface area contributed by atoms with E-state index < -0.39 is 0 Å². The molecule has 0 atom stereocenters. The Balaban J connectivity index is 2.49. The largest absolute Gasteiger partial charge is 0.261 e. The zero-order valence-corrected chi connectivity index (χ0v) is 13.5. The van der Waals surface area contributed by atoms with Crippen LogP contribution in [-0.4, -0.2) is 16.5 Å². The van der Waals surface area contributed by atoms with Crippen LogP contribution in [0.25, 0.3) is 0 Å². The fourth-order valence-electron chi connectivity index (χ4n) is 1.64. The normalized spacial score (nSPS) is 12.8. The van der Waals surface area contributed by atoms with E-state index in [1.165, 1.54) is 17.0 Å². The Hall–Kier alpha value is -0.500. The van der Waals surface area contributed by atoms with Gasteiger partial charge in [-0.05, 0) is 46.5 Å². The minimum Gasteiger partial charge on any atom is -0.261 e. The molecule has 1 heterocycles. The predicted molar refractivity (Wildman–Crippen MR) is 83.4 cm³/mol. The van der Waals surface area contributed by atoms with Crippen molar-refractivity contribution in [3.05, 3.63) is 29.6 Å². The Morgan fingerprint density at radius 1 is 1.11 bits per heavy atom. The molecule has 0 aliphatic rings. The molecule has 0 aromatic carbocycles. The van der Waals surface area contributed by atoms with E-state index in [0.717, 1.165) is 12.2 Å². The summed E-state index contributed by atoms with van der Waals surface area (Å²) in [4.78, 5) is 4.47. The summed E-state index contributed by atoms with van der Waals surface area (Å²) in [5.74, 6) is 2.38. The Morgan fingerprint density at radius 3 is 2.33 bits per heavy atom. The van der Waals surface area contributed by atoms with Gasteiger partial charge >= 0.3 is 0 Å². The number of hydrogen-bond donors (Lipinski definition) is 0. The van der Waals surface area contributed by atoms with Crippen molar-refractivity contribution in [2.24, 2.45) is 5.41 Å². The average Bonchev–Trinajstić information content (AvgIpc) is 2.22. The lowest BCUT2D eigenvalue weighted by atomic mass is 9.87. The van der Waals surface area contributed by atoms with Crippen molar-refractivity contribution in [2.45, 2.75) is 53.4 Å². The molecule has 0 amide bonds. The molecule has 1 rings (SSSR count). The molecule has 0 N–H and O–H groups in total. The fourth-order valence-corrected chi connectivity index (χ4v) is 2.75. The Morgan fingerprint density at radius 2 is 1.78 bits per heavy atom. The van der Waals surface area contributed by atoms with Gasteiger partial charge in [-0.2, -0.15) is 11.8 Å². The smallest absolute Gasteiger partial charge is 0.0414 e. The maximum atomic E-state index is 4.47. The molecule has 1 nitrogen and oxygen atoms in total. The maximum Gasteiger partial charge on any atom is 0.0414 e. The first-order valence-electron chi connectivity index (χ1n) is 6.72. The van der Waals surface area contributed by atoms with Crippen LogP contribution in [0.1, 0.15) is 52.8 Å². The number of rotatable bonds is 4. The van der Waals surface area contributed by atoms with E-state index in [2.05, 4.69) is 58.7 Å². The second-order valence-electron chi connectivity index (χ2n) is 7.15. The molecule has 1 aromatic heterocycles. The first-order valence-corrected chi connectivity index (χ1v) is 7.87. The van der Waals surface area contributed by atoms with Gasteiger partial charge < -0.3 is 0 Å². The lowest BCUT2D eigenvalue weighted by Crippen LogP contribution is -2.12. The quantitative estimate of drug-likeness (QED) is 0.732. The first-order chi connectivity index (χ1) is 8.18. The Bertz CT molecular complexity index is 371. The molecular formula is C16H27NS. The molecule has 0 fully saturated rings. The van der Waals surface area contributed by atoms with Crippen LogP contribution in [0, 0.1) is 5.41 Å². The van der Waals surface area contributed by atoms with Crippen LogP contribution in [-0.2, 0) is 11.8 Å². The Labute approximate surface area is 117 Å². The molecule has 1 aromatic rings. The van der Waals surface area contributed by atoms with Gasteiger partial charge in [0, 0.05) is 11.9 Å². The summed E-state index contributed by atoms with van der Waals surface area (Å²) < 4.78 is 0. The third kappa shape index (κ3) is 5.90. The van der Waals surface area contributed by atoms with Gasteiger partial charge in [-0.1, -0.05) is 41.5 Å². The summed E-state index contributed by atoms with van der Waals surface area (Å²) in [7, 11) is 0. The monoisotopic (exact) mass is 265 g/mol. The van der Waals surface area contributed by atoms with Gasteiger partial charge in [0.25, 0.3) is 0 Å². The summed E-state index contributed by atoms with van der Waals surface area (Å²) in [6.45, 7) is 13.6. The van der Waals surface area contributed by atoms with E-state index in [0.29, 0.717) is 5.41 Å². The fraction of sp³-hybridized carbons (Fsp3) is 0.688. The molecule has 0 radical (unpaired) electrons. The number of nitrogens with zero attached hydrogens (tertiary/aromatic N) is 1. The van der Waals surface area contributed by atoms with Crippen LogP contribution >= 0.6 is 11.8 Å². The zero-order chi connectivity index (χ0) is 13.8. The molecule has 0 bridgehead atoms. The third-order valence-corrected chi connectivity index (χ3v) is 4.28. The first kappa shape index (κ1) is 15.6. The summed E-state index contributed by atoms with van der Waals surface area (Å²) in [5.41, 5.74) is 3.25. The standard InChI is InChI=1S/C16H27NS/c1-15(2,3)12-18-10-8-14-11-13(7-9-17-14)16(4,5)6/h7,9,11H,8,10,12H2,1-6H3. The average molecular weight is 265 g/mol. The number of hydrogen-bond acceptors (Lipinski definition) is 2. The van der Waals surface area contributed by atoms with E-state index in [1.807, 2.05) is 18.0 Å². The zero-order valence-electron chi connectivity index (χ0n) is 12.7. The van der Waals surface area contributed by atoms with Gasteiger partial charge in [-0.25, -0.2) is 0 Å². The van der Waals surface area contributed by atoms with Crippen molar-refractivity contribution < 1.29 is 0 Å². The summed E-state index contributed by atoms with van der Waals surface area (Å²) in [6, 6.07) is 4.39. The minimum absolute atomic E-state index is 0.218. The van der Waals surface area contributed by atoms with Crippen molar-refractivity contribution in [3.63, 3.8) is 0 Å². The summed E-state index contributed by atoms with van der Waals surface area (Å²) in [5, 5.41) is 0. The highest BCUT2D eigenvalue weighted by Gasteiger charge is 2.14. The molecule has 0 aliphatic carbocycles. The molecule has 0 spiro atoms. The van der Waals surface area contributed by atoms with Gasteiger partial charge in [-0.15, -0.1) is 0 Å². The molecule has 0 saturated carbocycles. The van der Waals surface area contributed by atoms with E-state index in [1.54, 1.807) is 0 Å². The van der Waals surface area contributed by atoms with Crippen molar-refractivity contribution in [1.29, 1.82) is 0 Å². The van der Waals surface area contributed by atoms with Gasteiger partial charge in [0.15, 0.2) is 0 Å². The van der Waals surface area contributed by atoms with Gasteiger partial charge in [-0.3, -0.25) is 4.98 Å². The second kappa shape index (κ2) is 6.10. The maximum absolute atomic E-state index is 4.47. The van der Waals surface area contributed by atoms with E-state index in [4.69, 9.17) is 0 Å². The highest BCUT2D eigenvalue weighted by Crippen LogP contribution is 2.23. The van der Waals surface area contributed by atoms with Gasteiger partial charge in [0.1, 0.15) is 0 Å². The lowest BCUT2D eigenvalue weighted by Gasteiger charge is -2.19. The highest BCUT2D eigenvalue weighted by molar-refractivity contribution is 7.99. The number of thioether (sulfide) groups is 1. The molecule has 0 aliphatic heterocycles. The van der Waals surface area contributed by atoms with E-state index in [-0.39, 0.29) is 5.41 Å². The van der Waals surface area contributed by atoms with Crippen LogP contribution in [0.5, 0.6) is 0 Å². The highest BCUT2D eigenvalue weighted by atomic mass is 32.2. The topological polar surface area (TPSA) is 12.9 Å². The lowest BCUT2D eigenvalue weighted by molar-refractivity contribution is 0.481. The molecule has 102 valence electrons. The van der Waals surface area contributed by atoms with Crippen molar-refractivity contribution in [2.75, 3.05) is 11.5 Å². The SMILES string of the molecule is CC(C)(C)CSCCc1cc(C(C)(C)C)ccn1. The predicted octanol–water partition coefficient (Wildman–Crippen LogP) is 4.70. The van der Waals surface area contributed by atoms with E-state index >= 15 is 0 Å². The number of pyridine rings is 1. The summed E-state index contributed by atoms with van der Waals surface area (Å²) >= 11 is 2.03. The van der Waals surface area contributed by atoms with Crippen molar-refractivity contribution in [1.82, 2.24) is 4.98 Å². The molecule has 2 heteroatoms. The van der Waals surface area contributed by atoms with Crippen LogP contribution in [0.15, 0.2) is 18.3 Å². The number of aryl methyl sites for hydroxylation is 1. The third-order valence-electron chi connectivity index (χ3n) is 2.72. The van der Waals surface area contributed by atoms with E-state index in [9.17, 15) is 0 Å². The number of aromatic nitrogens is 1. The molecule has 0 unspecified atom stereocenters. The van der Waals surface area contributed by atoms with Gasteiger partial charge in [0.05, 0.1) is 0 Å². The van der Waals surface area contributed by atoms with Crippen LogP contribution in [0.3, 0.4) is 0 Å². The van der Waals surface area contributed by atoms with Crippen LogP contribution in [0.4, 0.5) is 0 Å². The molecule has 0 saturated heterocycles. The van der Waals surface area contributed by atoms with Crippen LogP contribution in [0.2, 0.25) is 0 Å². The van der Waals surface area contributed by atoms with Gasteiger partial charge in [0.2, 0.25) is 0 Å². The molecular weight excluding hydrogens is 238 g/mol. The Kier molecular flexibility index (Phi) is 5.27. The van der Waals surface area contributed by atoms with Crippen molar-refractivity contribution >= 4 is 11.8 Å². The summed E-state index contributed by atoms with van der Waals surface area (Å²) in [6.07, 6.45) is 3.02. The second-order valence-corrected chi connectivity index (χ2v) is 8.25. The van der Waals surface area contributed by atoms with Crippen molar-refractivity contribution in [3.8, 4) is 0 Å².